The summed E-state index contributed by atoms with van der Waals surface area (Å²) in [4.78, 5) is 12.9. The Kier molecular flexibility index (Phi) is 4.01. The maximum atomic E-state index is 12.9. The van der Waals surface area contributed by atoms with Crippen molar-refractivity contribution < 1.29 is 4.79 Å². The average molecular weight is 276 g/mol. The Morgan fingerprint density at radius 3 is 2.57 bits per heavy atom. The van der Waals surface area contributed by atoms with Crippen LogP contribution in [0.5, 0.6) is 0 Å². The van der Waals surface area contributed by atoms with Crippen molar-refractivity contribution in [1.82, 2.24) is 0 Å². The summed E-state index contributed by atoms with van der Waals surface area (Å²) in [6, 6.07) is 18.4. The molecule has 0 bridgehead atoms. The van der Waals surface area contributed by atoms with Crippen molar-refractivity contribution in [2.45, 2.75) is 25.2 Å². The number of rotatable bonds is 4. The number of carbonyl (C=O) groups is 1. The summed E-state index contributed by atoms with van der Waals surface area (Å²) in [5, 5.41) is 0. The molecule has 1 aliphatic carbocycles. The fraction of sp³-hybridized carbons (Fsp3) is 0.250. The number of fused-ring (bicyclic) bond motifs is 1. The number of ketones is 1. The predicted octanol–water partition coefficient (Wildman–Crippen LogP) is 4.79. The van der Waals surface area contributed by atoms with Crippen LogP contribution < -0.4 is 0 Å². The minimum atomic E-state index is 0.0697. The van der Waals surface area contributed by atoms with Gasteiger partial charge in [-0.05, 0) is 36.3 Å². The molecule has 1 heteroatoms. The normalized spacial score (nSPS) is 18.9. The van der Waals surface area contributed by atoms with E-state index in [1.165, 1.54) is 11.1 Å². The third kappa shape index (κ3) is 2.69. The average Bonchev–Trinajstić information content (AvgIpc) is 2.55. The molecule has 3 rings (SSSR count). The Morgan fingerprint density at radius 1 is 1.10 bits per heavy atom. The SMILES string of the molecule is C=CC[C@H](c1ccccc1)[C@@H]1CCc2ccccc2C1=O. The van der Waals surface area contributed by atoms with Gasteiger partial charge in [0.1, 0.15) is 0 Å². The summed E-state index contributed by atoms with van der Waals surface area (Å²) >= 11 is 0. The summed E-state index contributed by atoms with van der Waals surface area (Å²) in [7, 11) is 0. The molecule has 0 aromatic heterocycles. The second-order valence-corrected chi connectivity index (χ2v) is 5.71. The van der Waals surface area contributed by atoms with Gasteiger partial charge in [-0.3, -0.25) is 4.79 Å². The quantitative estimate of drug-likeness (QED) is 0.734. The van der Waals surface area contributed by atoms with Crippen LogP contribution in [-0.2, 0) is 6.42 Å². The van der Waals surface area contributed by atoms with Crippen LogP contribution in [0.4, 0.5) is 0 Å². The lowest BCUT2D eigenvalue weighted by atomic mass is 9.72. The molecule has 0 fully saturated rings. The Labute approximate surface area is 126 Å². The van der Waals surface area contributed by atoms with E-state index in [-0.39, 0.29) is 11.8 Å². The van der Waals surface area contributed by atoms with Gasteiger partial charge in [0.05, 0.1) is 0 Å². The Bertz CT molecular complexity index is 642. The van der Waals surface area contributed by atoms with Crippen molar-refractivity contribution in [1.29, 1.82) is 0 Å². The van der Waals surface area contributed by atoms with E-state index in [9.17, 15) is 4.79 Å². The molecule has 0 N–H and O–H groups in total. The first kappa shape index (κ1) is 13.8. The Morgan fingerprint density at radius 2 is 1.81 bits per heavy atom. The van der Waals surface area contributed by atoms with E-state index >= 15 is 0 Å². The molecule has 1 nitrogen and oxygen atoms in total. The maximum Gasteiger partial charge on any atom is 0.166 e. The number of benzene rings is 2. The molecule has 0 amide bonds. The second kappa shape index (κ2) is 6.09. The lowest BCUT2D eigenvalue weighted by molar-refractivity contribution is 0.0879. The van der Waals surface area contributed by atoms with Crippen LogP contribution in [0.1, 0.15) is 40.2 Å². The molecular formula is C20H20O. The number of carbonyl (C=O) groups excluding carboxylic acids is 1. The molecule has 0 spiro atoms. The molecule has 0 heterocycles. The minimum Gasteiger partial charge on any atom is -0.294 e. The molecule has 2 aromatic rings. The number of hydrogen-bond acceptors (Lipinski definition) is 1. The molecule has 0 unspecified atom stereocenters. The van der Waals surface area contributed by atoms with Crippen molar-refractivity contribution in [2.75, 3.05) is 0 Å². The van der Waals surface area contributed by atoms with Crippen molar-refractivity contribution >= 4 is 5.78 Å². The van der Waals surface area contributed by atoms with E-state index in [2.05, 4.69) is 24.8 Å². The largest absolute Gasteiger partial charge is 0.294 e. The van der Waals surface area contributed by atoms with Gasteiger partial charge in [0.15, 0.2) is 5.78 Å². The number of hydrogen-bond donors (Lipinski definition) is 0. The van der Waals surface area contributed by atoms with Crippen LogP contribution in [0.3, 0.4) is 0 Å². The molecule has 2 atom stereocenters. The van der Waals surface area contributed by atoms with Gasteiger partial charge in [-0.1, -0.05) is 60.7 Å². The highest BCUT2D eigenvalue weighted by Gasteiger charge is 2.33. The highest BCUT2D eigenvalue weighted by molar-refractivity contribution is 6.00. The summed E-state index contributed by atoms with van der Waals surface area (Å²) < 4.78 is 0. The molecule has 0 radical (unpaired) electrons. The predicted molar refractivity (Wildman–Crippen MR) is 86.6 cm³/mol. The third-order valence-electron chi connectivity index (χ3n) is 4.48. The van der Waals surface area contributed by atoms with Crippen molar-refractivity contribution in [3.05, 3.63) is 83.9 Å². The molecule has 0 saturated carbocycles. The zero-order valence-corrected chi connectivity index (χ0v) is 12.2. The van der Waals surface area contributed by atoms with Crippen LogP contribution in [-0.4, -0.2) is 5.78 Å². The van der Waals surface area contributed by atoms with Crippen molar-refractivity contribution in [3.8, 4) is 0 Å². The molecule has 0 aliphatic heterocycles. The monoisotopic (exact) mass is 276 g/mol. The summed E-state index contributed by atoms with van der Waals surface area (Å²) in [6.45, 7) is 3.88. The molecule has 1 aliphatic rings. The van der Waals surface area contributed by atoms with E-state index in [1.54, 1.807) is 0 Å². The zero-order chi connectivity index (χ0) is 14.7. The van der Waals surface area contributed by atoms with E-state index in [4.69, 9.17) is 0 Å². The first-order valence-electron chi connectivity index (χ1n) is 7.59. The Hall–Kier alpha value is -2.15. The summed E-state index contributed by atoms with van der Waals surface area (Å²) in [5.74, 6) is 0.609. The topological polar surface area (TPSA) is 17.1 Å². The first-order chi connectivity index (χ1) is 10.3. The van der Waals surface area contributed by atoms with Crippen LogP contribution in [0, 0.1) is 5.92 Å². The van der Waals surface area contributed by atoms with E-state index in [1.807, 2.05) is 42.5 Å². The Balaban J connectivity index is 1.95. The highest BCUT2D eigenvalue weighted by Crippen LogP contribution is 2.37. The van der Waals surface area contributed by atoms with Crippen molar-refractivity contribution in [3.63, 3.8) is 0 Å². The fourth-order valence-corrected chi connectivity index (χ4v) is 3.42. The maximum absolute atomic E-state index is 12.9. The molecule has 106 valence electrons. The highest BCUT2D eigenvalue weighted by atomic mass is 16.1. The van der Waals surface area contributed by atoms with Gasteiger partial charge < -0.3 is 0 Å². The van der Waals surface area contributed by atoms with Crippen LogP contribution in [0.2, 0.25) is 0 Å². The summed E-state index contributed by atoms with van der Waals surface area (Å²) in [6.07, 6.45) is 4.71. The van der Waals surface area contributed by atoms with Gasteiger partial charge in [0.25, 0.3) is 0 Å². The second-order valence-electron chi connectivity index (χ2n) is 5.71. The zero-order valence-electron chi connectivity index (χ0n) is 12.2. The van der Waals surface area contributed by atoms with Gasteiger partial charge >= 0.3 is 0 Å². The number of aryl methyl sites for hydroxylation is 1. The standard InChI is InChI=1S/C20H20O/c1-2-8-17(15-9-4-3-5-10-15)19-14-13-16-11-6-7-12-18(16)20(19)21/h2-7,9-12,17,19H,1,8,13-14H2/t17-,19+/m1/s1. The molecular weight excluding hydrogens is 256 g/mol. The van der Waals surface area contributed by atoms with Gasteiger partial charge in [0.2, 0.25) is 0 Å². The number of Topliss-reactive ketones (excluding diaryl/α,β-unsaturated/α-hetero) is 1. The minimum absolute atomic E-state index is 0.0697. The molecule has 0 saturated heterocycles. The third-order valence-corrected chi connectivity index (χ3v) is 4.48. The van der Waals surface area contributed by atoms with Gasteiger partial charge in [-0.15, -0.1) is 6.58 Å². The van der Waals surface area contributed by atoms with Gasteiger partial charge in [0, 0.05) is 11.5 Å². The van der Waals surface area contributed by atoms with Crippen molar-refractivity contribution in [2.24, 2.45) is 5.92 Å². The van der Waals surface area contributed by atoms with Gasteiger partial charge in [-0.25, -0.2) is 0 Å². The fourth-order valence-electron chi connectivity index (χ4n) is 3.42. The van der Waals surface area contributed by atoms with E-state index in [0.29, 0.717) is 5.78 Å². The van der Waals surface area contributed by atoms with E-state index in [0.717, 1.165) is 24.8 Å². The lowest BCUT2D eigenvalue weighted by Gasteiger charge is -2.30. The van der Waals surface area contributed by atoms with E-state index < -0.39 is 0 Å². The first-order valence-corrected chi connectivity index (χ1v) is 7.59. The van der Waals surface area contributed by atoms with Crippen LogP contribution in [0.25, 0.3) is 0 Å². The number of allylic oxidation sites excluding steroid dienone is 1. The smallest absolute Gasteiger partial charge is 0.166 e. The van der Waals surface area contributed by atoms with Gasteiger partial charge in [-0.2, -0.15) is 0 Å². The molecule has 21 heavy (non-hydrogen) atoms. The summed E-state index contributed by atoms with van der Waals surface area (Å²) in [5.41, 5.74) is 3.36. The lowest BCUT2D eigenvalue weighted by Crippen LogP contribution is -2.28. The van der Waals surface area contributed by atoms with Crippen LogP contribution >= 0.6 is 0 Å². The van der Waals surface area contributed by atoms with Crippen LogP contribution in [0.15, 0.2) is 67.3 Å². The molecule has 2 aromatic carbocycles.